The van der Waals surface area contributed by atoms with E-state index < -0.39 is 0 Å². The highest BCUT2D eigenvalue weighted by atomic mass is 32.1. The fourth-order valence-corrected chi connectivity index (χ4v) is 5.08. The summed E-state index contributed by atoms with van der Waals surface area (Å²) in [5.41, 5.74) is 7.09. The largest absolute Gasteiger partial charge is 0.491 e. The molecule has 180 valence electrons. The average molecular weight is 496 g/mol. The number of likely N-dealkylation sites (N-methyl/N-ethyl adjacent to an activating group) is 1. The molecule has 0 aliphatic carbocycles. The smallest absolute Gasteiger partial charge is 0.138 e. The Morgan fingerprint density at radius 3 is 2.69 bits per heavy atom. The predicted molar refractivity (Wildman–Crippen MR) is 144 cm³/mol. The van der Waals surface area contributed by atoms with Crippen LogP contribution in [0.4, 0.5) is 0 Å². The molecule has 0 spiro atoms. The Bertz CT molecular complexity index is 1680. The molecule has 6 heterocycles. The van der Waals surface area contributed by atoms with Crippen LogP contribution in [0.2, 0.25) is 0 Å². The monoisotopic (exact) mass is 495 g/mol. The van der Waals surface area contributed by atoms with Crippen LogP contribution in [0.15, 0.2) is 61.2 Å². The van der Waals surface area contributed by atoms with Crippen LogP contribution in [0, 0.1) is 6.92 Å². The summed E-state index contributed by atoms with van der Waals surface area (Å²) in [7, 11) is 4.04. The van der Waals surface area contributed by atoms with Crippen molar-refractivity contribution in [2.45, 2.75) is 6.92 Å². The molecule has 0 amide bonds. The van der Waals surface area contributed by atoms with E-state index in [1.165, 1.54) is 9.75 Å². The van der Waals surface area contributed by atoms with Gasteiger partial charge in [-0.1, -0.05) is 0 Å². The van der Waals surface area contributed by atoms with E-state index in [0.29, 0.717) is 6.61 Å². The summed E-state index contributed by atoms with van der Waals surface area (Å²) in [5.74, 6) is 0.725. The number of ether oxygens (including phenoxy) is 1. The molecule has 0 saturated heterocycles. The maximum absolute atomic E-state index is 5.87. The molecule has 0 aliphatic heterocycles. The quantitative estimate of drug-likeness (QED) is 0.302. The minimum absolute atomic E-state index is 0.596. The number of aromatic amines is 2. The number of pyridine rings is 3. The van der Waals surface area contributed by atoms with Crippen molar-refractivity contribution in [1.82, 2.24) is 35.0 Å². The second kappa shape index (κ2) is 9.18. The Hall–Kier alpha value is -4.08. The summed E-state index contributed by atoms with van der Waals surface area (Å²) in [5, 5.41) is 8.83. The second-order valence-corrected chi connectivity index (χ2v) is 10.3. The minimum Gasteiger partial charge on any atom is -0.491 e. The van der Waals surface area contributed by atoms with Crippen LogP contribution in [0.1, 0.15) is 4.88 Å². The van der Waals surface area contributed by atoms with Gasteiger partial charge in [0.05, 0.1) is 34.8 Å². The van der Waals surface area contributed by atoms with Crippen LogP contribution in [0.3, 0.4) is 0 Å². The Kier molecular flexibility index (Phi) is 5.71. The zero-order valence-corrected chi connectivity index (χ0v) is 21.1. The number of nitrogens with one attached hydrogen (secondary N) is 2. The van der Waals surface area contributed by atoms with Gasteiger partial charge >= 0.3 is 0 Å². The average Bonchev–Trinajstić information content (AvgIpc) is 3.61. The molecule has 6 rings (SSSR count). The molecule has 0 fully saturated rings. The third-order valence-electron chi connectivity index (χ3n) is 6.03. The van der Waals surface area contributed by atoms with Gasteiger partial charge in [-0.05, 0) is 57.4 Å². The Balaban J connectivity index is 1.37. The third kappa shape index (κ3) is 4.23. The molecule has 6 aromatic rings. The van der Waals surface area contributed by atoms with E-state index in [9.17, 15) is 0 Å². The molecule has 0 unspecified atom stereocenters. The third-order valence-corrected chi connectivity index (χ3v) is 7.06. The van der Waals surface area contributed by atoms with E-state index in [1.807, 2.05) is 44.7 Å². The van der Waals surface area contributed by atoms with Gasteiger partial charge in [0.1, 0.15) is 23.6 Å². The lowest BCUT2D eigenvalue weighted by molar-refractivity contribution is 0.261. The van der Waals surface area contributed by atoms with Crippen LogP contribution < -0.4 is 4.74 Å². The first kappa shape index (κ1) is 22.4. The molecule has 8 nitrogen and oxygen atoms in total. The Morgan fingerprint density at radius 1 is 0.972 bits per heavy atom. The van der Waals surface area contributed by atoms with Crippen LogP contribution in [0.25, 0.3) is 55.0 Å². The SMILES string of the molecule is Cc1ccc(-c2cncc3[nH]c(-c4n[nH]c5ccc(-c6cncc(OCCN(C)C)c6)nc45)cc23)s1. The summed E-state index contributed by atoms with van der Waals surface area (Å²) in [6.07, 6.45) is 7.30. The van der Waals surface area contributed by atoms with Crippen molar-refractivity contribution in [3.63, 3.8) is 0 Å². The molecule has 2 N–H and O–H groups in total. The molecule has 6 aromatic heterocycles. The van der Waals surface area contributed by atoms with Gasteiger partial charge < -0.3 is 14.6 Å². The van der Waals surface area contributed by atoms with Crippen molar-refractivity contribution in [1.29, 1.82) is 0 Å². The van der Waals surface area contributed by atoms with Gasteiger partial charge in [0.2, 0.25) is 0 Å². The first-order valence-electron chi connectivity index (χ1n) is 11.7. The van der Waals surface area contributed by atoms with E-state index in [-0.39, 0.29) is 0 Å². The van der Waals surface area contributed by atoms with Crippen molar-refractivity contribution in [3.8, 4) is 38.8 Å². The highest BCUT2D eigenvalue weighted by Gasteiger charge is 2.16. The summed E-state index contributed by atoms with van der Waals surface area (Å²) < 4.78 is 5.87. The second-order valence-electron chi connectivity index (χ2n) is 8.97. The molecule has 9 heteroatoms. The van der Waals surface area contributed by atoms with Gasteiger partial charge in [-0.15, -0.1) is 11.3 Å². The zero-order chi connectivity index (χ0) is 24.6. The van der Waals surface area contributed by atoms with E-state index >= 15 is 0 Å². The molecular weight excluding hydrogens is 470 g/mol. The molecule has 0 aliphatic rings. The lowest BCUT2D eigenvalue weighted by Gasteiger charge is -2.11. The number of rotatable bonds is 7. The normalized spacial score (nSPS) is 11.7. The van der Waals surface area contributed by atoms with E-state index in [2.05, 4.69) is 55.2 Å². The van der Waals surface area contributed by atoms with Gasteiger partial charge in [-0.2, -0.15) is 5.10 Å². The number of thiophene rings is 1. The number of nitrogens with zero attached hydrogens (tertiary/aromatic N) is 5. The van der Waals surface area contributed by atoms with Crippen molar-refractivity contribution >= 4 is 33.3 Å². The maximum Gasteiger partial charge on any atom is 0.138 e. The molecule has 36 heavy (non-hydrogen) atoms. The maximum atomic E-state index is 5.87. The summed E-state index contributed by atoms with van der Waals surface area (Å²) in [6.45, 7) is 3.55. The summed E-state index contributed by atoms with van der Waals surface area (Å²) >= 11 is 1.77. The lowest BCUT2D eigenvalue weighted by atomic mass is 10.1. The van der Waals surface area contributed by atoms with E-state index in [1.54, 1.807) is 23.7 Å². The van der Waals surface area contributed by atoms with Gasteiger partial charge in [0.25, 0.3) is 0 Å². The molecular formula is C27H25N7OS. The van der Waals surface area contributed by atoms with Crippen LogP contribution in [-0.4, -0.2) is 62.3 Å². The van der Waals surface area contributed by atoms with Gasteiger partial charge in [-0.3, -0.25) is 15.1 Å². The number of H-pyrrole nitrogens is 2. The molecule has 0 aromatic carbocycles. The first-order valence-corrected chi connectivity index (χ1v) is 12.5. The molecule has 0 saturated carbocycles. The Morgan fingerprint density at radius 2 is 1.86 bits per heavy atom. The van der Waals surface area contributed by atoms with E-state index in [0.717, 1.165) is 62.4 Å². The lowest BCUT2D eigenvalue weighted by Crippen LogP contribution is -2.19. The summed E-state index contributed by atoms with van der Waals surface area (Å²) in [6, 6.07) is 12.4. The van der Waals surface area contributed by atoms with Crippen LogP contribution in [0.5, 0.6) is 5.75 Å². The van der Waals surface area contributed by atoms with Crippen LogP contribution in [-0.2, 0) is 0 Å². The number of fused-ring (bicyclic) bond motifs is 2. The van der Waals surface area contributed by atoms with E-state index in [4.69, 9.17) is 9.72 Å². The minimum atomic E-state index is 0.596. The number of hydrogen-bond acceptors (Lipinski definition) is 7. The fourth-order valence-electron chi connectivity index (χ4n) is 4.19. The standard InChI is InChI=1S/C27H25N7OS/c1-16-4-7-25(36-16)20-14-29-15-24-19(20)11-23(30-24)27-26-22(32-33-27)6-5-21(31-26)17-10-18(13-28-12-17)35-9-8-34(2)3/h4-7,10-15,30H,8-9H2,1-3H3,(H,32,33). The number of aromatic nitrogens is 6. The highest BCUT2D eigenvalue weighted by Crippen LogP contribution is 2.36. The van der Waals surface area contributed by atoms with Crippen molar-refractivity contribution in [2.24, 2.45) is 0 Å². The zero-order valence-electron chi connectivity index (χ0n) is 20.2. The topological polar surface area (TPSA) is 95.6 Å². The van der Waals surface area contributed by atoms with Crippen molar-refractivity contribution in [2.75, 3.05) is 27.2 Å². The van der Waals surface area contributed by atoms with Crippen LogP contribution >= 0.6 is 11.3 Å². The predicted octanol–water partition coefficient (Wildman–Crippen LogP) is 5.54. The van der Waals surface area contributed by atoms with Gasteiger partial charge in [0.15, 0.2) is 0 Å². The molecule has 0 atom stereocenters. The first-order chi connectivity index (χ1) is 17.5. The highest BCUT2D eigenvalue weighted by molar-refractivity contribution is 7.15. The van der Waals surface area contributed by atoms with Crippen molar-refractivity contribution in [3.05, 3.63) is 66.1 Å². The van der Waals surface area contributed by atoms with Gasteiger partial charge in [-0.25, -0.2) is 4.98 Å². The summed E-state index contributed by atoms with van der Waals surface area (Å²) in [4.78, 5) is 21.8. The Labute approximate surface area is 212 Å². The number of aryl methyl sites for hydroxylation is 1. The molecule has 0 bridgehead atoms. The fraction of sp³-hybridized carbons (Fsp3) is 0.185. The molecule has 0 radical (unpaired) electrons. The van der Waals surface area contributed by atoms with Gasteiger partial charge in [0, 0.05) is 45.2 Å². The van der Waals surface area contributed by atoms with Crippen molar-refractivity contribution < 1.29 is 4.74 Å². The number of hydrogen-bond donors (Lipinski definition) is 2.